The summed E-state index contributed by atoms with van der Waals surface area (Å²) >= 11 is 7.05. The van der Waals surface area contributed by atoms with Gasteiger partial charge in [-0.05, 0) is 67.1 Å². The number of halogens is 1. The Bertz CT molecular complexity index is 1760. The highest BCUT2D eigenvalue weighted by Gasteiger charge is 2.21. The summed E-state index contributed by atoms with van der Waals surface area (Å²) in [5.74, 6) is 0.571. The van der Waals surface area contributed by atoms with Crippen molar-refractivity contribution in [1.82, 2.24) is 25.9 Å². The van der Waals surface area contributed by atoms with E-state index in [-0.39, 0.29) is 17.9 Å². The molecular formula is C37H41ClN6O4. The number of rotatable bonds is 12. The molecule has 1 atom stereocenters. The quantitative estimate of drug-likeness (QED) is 0.152. The molecule has 250 valence electrons. The summed E-state index contributed by atoms with van der Waals surface area (Å²) in [6.07, 6.45) is 6.88. The molecule has 2 aliphatic heterocycles. The van der Waals surface area contributed by atoms with Crippen molar-refractivity contribution in [2.75, 3.05) is 32.2 Å². The van der Waals surface area contributed by atoms with Crippen molar-refractivity contribution >= 4 is 29.1 Å². The largest absolute Gasteiger partial charge is 0.496 e. The molecule has 4 aromatic rings. The van der Waals surface area contributed by atoms with Crippen LogP contribution in [0, 0.1) is 6.92 Å². The average Bonchev–Trinajstić information content (AvgIpc) is 3.53. The van der Waals surface area contributed by atoms with Gasteiger partial charge >= 0.3 is 0 Å². The highest BCUT2D eigenvalue weighted by molar-refractivity contribution is 6.35. The van der Waals surface area contributed by atoms with E-state index in [0.717, 1.165) is 71.6 Å². The van der Waals surface area contributed by atoms with Gasteiger partial charge in [0.1, 0.15) is 11.4 Å². The number of nitrogens with zero attached hydrogens (tertiary/aromatic N) is 2. The number of nitrogens with one attached hydrogen (secondary N) is 4. The number of anilines is 1. The topological polar surface area (TPSA) is 126 Å². The minimum absolute atomic E-state index is 0.102. The molecule has 2 aromatic carbocycles. The highest BCUT2D eigenvalue weighted by Crippen LogP contribution is 2.39. The minimum atomic E-state index is -0.302. The van der Waals surface area contributed by atoms with Gasteiger partial charge in [-0.15, -0.1) is 0 Å². The van der Waals surface area contributed by atoms with Crippen LogP contribution in [-0.2, 0) is 22.6 Å². The van der Waals surface area contributed by atoms with Crippen molar-refractivity contribution in [1.29, 1.82) is 0 Å². The van der Waals surface area contributed by atoms with Crippen LogP contribution in [0.15, 0.2) is 67.0 Å². The predicted molar refractivity (Wildman–Crippen MR) is 187 cm³/mol. The third-order valence-corrected chi connectivity index (χ3v) is 9.37. The lowest BCUT2D eigenvalue weighted by molar-refractivity contribution is -0.119. The van der Waals surface area contributed by atoms with Crippen molar-refractivity contribution in [3.63, 3.8) is 0 Å². The third kappa shape index (κ3) is 8.02. The first-order valence-electron chi connectivity index (χ1n) is 16.4. The van der Waals surface area contributed by atoms with Crippen LogP contribution in [0.1, 0.15) is 52.9 Å². The fourth-order valence-electron chi connectivity index (χ4n) is 6.18. The molecule has 4 N–H and O–H groups in total. The van der Waals surface area contributed by atoms with Gasteiger partial charge in [0.15, 0.2) is 0 Å². The molecule has 0 radical (unpaired) electrons. The Morgan fingerprint density at radius 1 is 1.04 bits per heavy atom. The second-order valence-electron chi connectivity index (χ2n) is 12.2. The van der Waals surface area contributed by atoms with Crippen LogP contribution in [0.25, 0.3) is 22.4 Å². The van der Waals surface area contributed by atoms with Crippen LogP contribution in [0.5, 0.6) is 5.75 Å². The van der Waals surface area contributed by atoms with Gasteiger partial charge in [-0.3, -0.25) is 19.6 Å². The van der Waals surface area contributed by atoms with Gasteiger partial charge < -0.3 is 30.7 Å². The van der Waals surface area contributed by atoms with E-state index in [9.17, 15) is 9.59 Å². The number of pyridine rings is 2. The molecule has 11 heteroatoms. The third-order valence-electron chi connectivity index (χ3n) is 8.99. The van der Waals surface area contributed by atoms with E-state index in [2.05, 4.69) is 37.3 Å². The summed E-state index contributed by atoms with van der Waals surface area (Å²) in [5.41, 5.74) is 7.08. The molecule has 2 aliphatic rings. The maximum absolute atomic E-state index is 13.2. The number of hydrogen-bond acceptors (Lipinski definition) is 8. The Balaban J connectivity index is 1.13. The molecule has 0 saturated carbocycles. The number of methoxy groups -OCH3 is 1. The molecule has 0 unspecified atom stereocenters. The van der Waals surface area contributed by atoms with E-state index in [1.807, 2.05) is 49.4 Å². The summed E-state index contributed by atoms with van der Waals surface area (Å²) in [4.78, 5) is 33.6. The fraction of sp³-hybridized carbons (Fsp3) is 0.351. The zero-order valence-electron chi connectivity index (χ0n) is 27.3. The molecule has 0 bridgehead atoms. The van der Waals surface area contributed by atoms with E-state index < -0.39 is 0 Å². The number of carbonyl (C=O) groups is 2. The first-order valence-corrected chi connectivity index (χ1v) is 16.8. The smallest absolute Gasteiger partial charge is 0.274 e. The highest BCUT2D eigenvalue weighted by atomic mass is 35.5. The van der Waals surface area contributed by atoms with E-state index in [0.29, 0.717) is 54.2 Å². The first kappa shape index (κ1) is 33.5. The van der Waals surface area contributed by atoms with Crippen molar-refractivity contribution in [2.24, 2.45) is 0 Å². The van der Waals surface area contributed by atoms with Crippen molar-refractivity contribution in [3.05, 3.63) is 94.4 Å². The van der Waals surface area contributed by atoms with Gasteiger partial charge in [0.25, 0.3) is 5.91 Å². The average molecular weight is 669 g/mol. The van der Waals surface area contributed by atoms with Crippen LogP contribution in [0.4, 0.5) is 5.69 Å². The second-order valence-corrected chi connectivity index (χ2v) is 12.6. The molecule has 0 spiro atoms. The minimum Gasteiger partial charge on any atom is -0.496 e. The van der Waals surface area contributed by atoms with E-state index in [1.54, 1.807) is 25.6 Å². The monoisotopic (exact) mass is 668 g/mol. The van der Waals surface area contributed by atoms with Gasteiger partial charge in [0.05, 0.1) is 17.8 Å². The molecule has 4 heterocycles. The van der Waals surface area contributed by atoms with Crippen LogP contribution >= 0.6 is 11.6 Å². The molecule has 0 aliphatic carbocycles. The molecule has 2 saturated heterocycles. The number of hydrogen-bond donors (Lipinski definition) is 4. The van der Waals surface area contributed by atoms with Crippen molar-refractivity contribution in [2.45, 2.75) is 57.8 Å². The fourth-order valence-corrected chi connectivity index (χ4v) is 6.50. The van der Waals surface area contributed by atoms with Crippen LogP contribution in [0.3, 0.4) is 0 Å². The summed E-state index contributed by atoms with van der Waals surface area (Å²) in [7, 11) is 1.67. The molecule has 2 aromatic heterocycles. The zero-order valence-corrected chi connectivity index (χ0v) is 28.0. The summed E-state index contributed by atoms with van der Waals surface area (Å²) in [6, 6.07) is 17.9. The van der Waals surface area contributed by atoms with Gasteiger partial charge in [0.2, 0.25) is 5.91 Å². The summed E-state index contributed by atoms with van der Waals surface area (Å²) < 4.78 is 11.2. The Labute approximate surface area is 286 Å². The van der Waals surface area contributed by atoms with Crippen molar-refractivity contribution in [3.8, 4) is 28.1 Å². The van der Waals surface area contributed by atoms with E-state index >= 15 is 0 Å². The van der Waals surface area contributed by atoms with Gasteiger partial charge in [0, 0.05) is 86.1 Å². The number of ether oxygens (including phenoxy) is 2. The Hall–Kier alpha value is -4.35. The van der Waals surface area contributed by atoms with Crippen LogP contribution < -0.4 is 26.0 Å². The van der Waals surface area contributed by atoms with Gasteiger partial charge in [-0.25, -0.2) is 0 Å². The molecule has 6 rings (SSSR count). The number of carbonyl (C=O) groups excluding carboxylic acids is 2. The van der Waals surface area contributed by atoms with E-state index in [1.165, 1.54) is 0 Å². The van der Waals surface area contributed by atoms with Gasteiger partial charge in [-0.2, -0.15) is 0 Å². The molecule has 10 nitrogen and oxygen atoms in total. The lowest BCUT2D eigenvalue weighted by Crippen LogP contribution is -2.35. The van der Waals surface area contributed by atoms with Gasteiger partial charge in [-0.1, -0.05) is 41.9 Å². The zero-order chi connectivity index (χ0) is 33.5. The Morgan fingerprint density at radius 2 is 1.90 bits per heavy atom. The lowest BCUT2D eigenvalue weighted by atomic mass is 9.97. The number of amides is 2. The molecule has 48 heavy (non-hydrogen) atoms. The SMILES string of the molecule is COc1cc(-c2nccc(-c3cccc(NC(=O)c4ccc(CNC[C@@H]5CCC(=O)N5)cn4)c3C)c2Cl)ccc1CNC1CCOCC1. The standard InChI is InChI=1S/C37H41ClN6O4/c1-23-29(4-3-5-31(23)44-37(46)32-10-6-24(20-42-32)19-39-22-28-9-11-34(45)43-28)30-12-15-40-36(35(30)38)25-7-8-26(33(18-25)47-2)21-41-27-13-16-48-17-14-27/h3-8,10,12,15,18,20,27-28,39,41H,9,11,13-14,16-17,19,21-22H2,1-2H3,(H,43,45)(H,44,46)/t28-/m0/s1. The Kier molecular flexibility index (Phi) is 11.0. The Morgan fingerprint density at radius 3 is 2.65 bits per heavy atom. The lowest BCUT2D eigenvalue weighted by Gasteiger charge is -2.23. The second kappa shape index (κ2) is 15.7. The van der Waals surface area contributed by atoms with Crippen LogP contribution in [-0.4, -0.2) is 60.7 Å². The maximum Gasteiger partial charge on any atom is 0.274 e. The molecule has 2 amide bonds. The van der Waals surface area contributed by atoms with E-state index in [4.69, 9.17) is 21.1 Å². The summed E-state index contributed by atoms with van der Waals surface area (Å²) in [6.45, 7) is 5.53. The first-order chi connectivity index (χ1) is 23.4. The van der Waals surface area contributed by atoms with Crippen molar-refractivity contribution < 1.29 is 19.1 Å². The summed E-state index contributed by atoms with van der Waals surface area (Å²) in [5, 5.41) is 13.4. The predicted octanol–water partition coefficient (Wildman–Crippen LogP) is 5.67. The molecular weight excluding hydrogens is 628 g/mol. The number of aromatic nitrogens is 2. The normalized spacial score (nSPS) is 16.5. The maximum atomic E-state index is 13.2. The molecule has 2 fully saturated rings. The van der Waals surface area contributed by atoms with Crippen LogP contribution in [0.2, 0.25) is 5.02 Å². The number of benzene rings is 2.